The van der Waals surface area contributed by atoms with E-state index in [4.69, 9.17) is 0 Å². The summed E-state index contributed by atoms with van der Waals surface area (Å²) in [6.07, 6.45) is 7.11. The molecule has 3 nitrogen and oxygen atoms in total. The average Bonchev–Trinajstić information content (AvgIpc) is 3.09. The van der Waals surface area contributed by atoms with Gasteiger partial charge in [0.15, 0.2) is 0 Å². The fraction of sp³-hybridized carbons (Fsp3) is 0.222. The van der Waals surface area contributed by atoms with Gasteiger partial charge in [0.05, 0.1) is 11.1 Å². The summed E-state index contributed by atoms with van der Waals surface area (Å²) in [6.45, 7) is 1.96. The number of aryl methyl sites for hydroxylation is 2. The van der Waals surface area contributed by atoms with E-state index in [1.54, 1.807) is 17.6 Å². The van der Waals surface area contributed by atoms with Gasteiger partial charge in [-0.3, -0.25) is 4.79 Å². The number of allylic oxidation sites excluding steroid dienone is 1. The van der Waals surface area contributed by atoms with Gasteiger partial charge in [-0.15, -0.1) is 11.3 Å². The van der Waals surface area contributed by atoms with Gasteiger partial charge in [-0.2, -0.15) is 5.10 Å². The summed E-state index contributed by atoms with van der Waals surface area (Å²) in [5.41, 5.74) is 6.04. The van der Waals surface area contributed by atoms with Crippen LogP contribution >= 0.6 is 11.3 Å². The molecule has 1 amide bonds. The molecule has 1 N–H and O–H groups in total. The quantitative estimate of drug-likeness (QED) is 0.671. The summed E-state index contributed by atoms with van der Waals surface area (Å²) < 4.78 is 0. The molecule has 1 aliphatic carbocycles. The van der Waals surface area contributed by atoms with Gasteiger partial charge in [0.25, 0.3) is 5.91 Å². The van der Waals surface area contributed by atoms with E-state index in [2.05, 4.69) is 10.5 Å². The van der Waals surface area contributed by atoms with Crippen molar-refractivity contribution in [2.45, 2.75) is 26.2 Å². The van der Waals surface area contributed by atoms with E-state index < -0.39 is 0 Å². The molecule has 0 unspecified atom stereocenters. The summed E-state index contributed by atoms with van der Waals surface area (Å²) in [4.78, 5) is 14.2. The molecule has 0 atom stereocenters. The fourth-order valence-electron chi connectivity index (χ4n) is 2.54. The van der Waals surface area contributed by atoms with Crippen LogP contribution in [-0.4, -0.2) is 12.1 Å². The second-order valence-electron chi connectivity index (χ2n) is 5.41. The normalized spacial score (nSPS) is 14.3. The Labute approximate surface area is 134 Å². The second kappa shape index (κ2) is 6.71. The summed E-state index contributed by atoms with van der Waals surface area (Å²) >= 11 is 1.59. The van der Waals surface area contributed by atoms with Crippen molar-refractivity contribution >= 4 is 29.5 Å². The average molecular weight is 310 g/mol. The number of carbonyl (C=O) groups is 1. The minimum absolute atomic E-state index is 0.122. The van der Waals surface area contributed by atoms with Gasteiger partial charge < -0.3 is 0 Å². The first kappa shape index (κ1) is 14.7. The number of hydrazone groups is 1. The molecule has 0 aliphatic heterocycles. The molecule has 1 aliphatic rings. The van der Waals surface area contributed by atoms with Crippen molar-refractivity contribution in [3.05, 3.63) is 62.9 Å². The van der Waals surface area contributed by atoms with Crippen molar-refractivity contribution in [1.82, 2.24) is 5.43 Å². The first-order chi connectivity index (χ1) is 10.7. The minimum atomic E-state index is -0.122. The summed E-state index contributed by atoms with van der Waals surface area (Å²) in [6, 6.07) is 12.0. The molecular weight excluding hydrogens is 292 g/mol. The summed E-state index contributed by atoms with van der Waals surface area (Å²) in [7, 11) is 0. The van der Waals surface area contributed by atoms with Crippen molar-refractivity contribution in [2.75, 3.05) is 0 Å². The maximum absolute atomic E-state index is 12.1. The van der Waals surface area contributed by atoms with Crippen LogP contribution in [0.25, 0.3) is 6.08 Å². The van der Waals surface area contributed by atoms with Gasteiger partial charge >= 0.3 is 0 Å². The van der Waals surface area contributed by atoms with Crippen LogP contribution in [0, 0.1) is 0 Å². The SMILES string of the molecule is CC(/C=N\NC(=O)c1cc2c(s1)CCC2)=C\c1ccccc1. The number of thiophene rings is 1. The molecule has 0 saturated heterocycles. The highest BCUT2D eigenvalue weighted by molar-refractivity contribution is 7.14. The number of hydrogen-bond donors (Lipinski definition) is 1. The number of fused-ring (bicyclic) bond motifs is 1. The van der Waals surface area contributed by atoms with Crippen molar-refractivity contribution in [1.29, 1.82) is 0 Å². The van der Waals surface area contributed by atoms with E-state index in [-0.39, 0.29) is 5.91 Å². The third-order valence-electron chi connectivity index (χ3n) is 3.60. The zero-order valence-electron chi connectivity index (χ0n) is 12.5. The number of carbonyl (C=O) groups excluding carboxylic acids is 1. The molecule has 0 radical (unpaired) electrons. The van der Waals surface area contributed by atoms with Gasteiger partial charge in [-0.1, -0.05) is 36.4 Å². The highest BCUT2D eigenvalue weighted by Crippen LogP contribution is 2.30. The number of hydrogen-bond acceptors (Lipinski definition) is 3. The Bertz CT molecular complexity index is 707. The Kier molecular flexibility index (Phi) is 4.49. The maximum Gasteiger partial charge on any atom is 0.281 e. The predicted octanol–water partition coefficient (Wildman–Crippen LogP) is 4.06. The predicted molar refractivity (Wildman–Crippen MR) is 92.4 cm³/mol. The lowest BCUT2D eigenvalue weighted by Crippen LogP contribution is -2.16. The number of nitrogens with one attached hydrogen (secondary N) is 1. The van der Waals surface area contributed by atoms with Crippen LogP contribution in [0.15, 0.2) is 47.1 Å². The van der Waals surface area contributed by atoms with E-state index in [0.29, 0.717) is 0 Å². The molecule has 22 heavy (non-hydrogen) atoms. The molecule has 112 valence electrons. The largest absolute Gasteiger partial charge is 0.281 e. The molecule has 1 heterocycles. The molecule has 0 saturated carbocycles. The van der Waals surface area contributed by atoms with E-state index >= 15 is 0 Å². The number of amides is 1. The molecule has 3 rings (SSSR count). The number of rotatable bonds is 4. The van der Waals surface area contributed by atoms with Gasteiger partial charge in [0.2, 0.25) is 0 Å². The Morgan fingerprint density at radius 2 is 2.09 bits per heavy atom. The Hall–Kier alpha value is -2.20. The third-order valence-corrected chi connectivity index (χ3v) is 4.83. The summed E-state index contributed by atoms with van der Waals surface area (Å²) in [5.74, 6) is -0.122. The highest BCUT2D eigenvalue weighted by Gasteiger charge is 2.17. The topological polar surface area (TPSA) is 41.5 Å². The minimum Gasteiger partial charge on any atom is -0.266 e. The van der Waals surface area contributed by atoms with Crippen LogP contribution < -0.4 is 5.43 Å². The third kappa shape index (κ3) is 3.52. The second-order valence-corrected chi connectivity index (χ2v) is 6.55. The van der Waals surface area contributed by atoms with Crippen molar-refractivity contribution in [3.63, 3.8) is 0 Å². The summed E-state index contributed by atoms with van der Waals surface area (Å²) in [5, 5.41) is 4.04. The van der Waals surface area contributed by atoms with Gasteiger partial charge in [-0.25, -0.2) is 5.43 Å². The standard InChI is InChI=1S/C18H18N2OS/c1-13(10-14-6-3-2-4-7-14)12-19-20-18(21)17-11-15-8-5-9-16(15)22-17/h2-4,6-7,10-12H,5,8-9H2,1H3,(H,20,21)/b13-10+,19-12-. The molecule has 1 aromatic carbocycles. The lowest BCUT2D eigenvalue weighted by molar-refractivity contribution is 0.0959. The first-order valence-corrected chi connectivity index (χ1v) is 8.22. The van der Waals surface area contributed by atoms with Crippen molar-refractivity contribution in [2.24, 2.45) is 5.10 Å². The van der Waals surface area contributed by atoms with Crippen LogP contribution in [0.3, 0.4) is 0 Å². The molecule has 0 bridgehead atoms. The Morgan fingerprint density at radius 3 is 2.86 bits per heavy atom. The highest BCUT2D eigenvalue weighted by atomic mass is 32.1. The van der Waals surface area contributed by atoms with E-state index in [0.717, 1.165) is 28.9 Å². The molecule has 0 spiro atoms. The van der Waals surface area contributed by atoms with Crippen LogP contribution in [-0.2, 0) is 12.8 Å². The maximum atomic E-state index is 12.1. The number of benzene rings is 1. The zero-order chi connectivity index (χ0) is 15.4. The number of nitrogens with zero attached hydrogens (tertiary/aromatic N) is 1. The van der Waals surface area contributed by atoms with Crippen LogP contribution in [0.5, 0.6) is 0 Å². The molecule has 1 aromatic heterocycles. The van der Waals surface area contributed by atoms with Crippen LogP contribution in [0.4, 0.5) is 0 Å². The van der Waals surface area contributed by atoms with Gasteiger partial charge in [-0.05, 0) is 49.0 Å². The molecular formula is C18H18N2OS. The van der Waals surface area contributed by atoms with Crippen molar-refractivity contribution in [3.8, 4) is 0 Å². The van der Waals surface area contributed by atoms with Gasteiger partial charge in [0, 0.05) is 4.88 Å². The van der Waals surface area contributed by atoms with Crippen LogP contribution in [0.2, 0.25) is 0 Å². The Morgan fingerprint density at radius 1 is 1.27 bits per heavy atom. The molecule has 0 fully saturated rings. The van der Waals surface area contributed by atoms with E-state index in [1.165, 1.54) is 16.9 Å². The molecule has 4 heteroatoms. The first-order valence-electron chi connectivity index (χ1n) is 7.41. The fourth-order valence-corrected chi connectivity index (χ4v) is 3.68. The van der Waals surface area contributed by atoms with E-state index in [1.807, 2.05) is 49.4 Å². The van der Waals surface area contributed by atoms with Crippen molar-refractivity contribution < 1.29 is 4.79 Å². The molecule has 2 aromatic rings. The smallest absolute Gasteiger partial charge is 0.266 e. The Balaban J connectivity index is 1.59. The lowest BCUT2D eigenvalue weighted by Gasteiger charge is -1.97. The van der Waals surface area contributed by atoms with E-state index in [9.17, 15) is 4.79 Å². The lowest BCUT2D eigenvalue weighted by atomic mass is 10.1. The van der Waals surface area contributed by atoms with Crippen LogP contribution in [0.1, 0.15) is 39.0 Å². The van der Waals surface area contributed by atoms with Gasteiger partial charge in [0.1, 0.15) is 0 Å². The zero-order valence-corrected chi connectivity index (χ0v) is 13.3. The monoisotopic (exact) mass is 310 g/mol.